The molecule has 0 aliphatic carbocycles. The molecule has 0 radical (unpaired) electrons. The highest BCUT2D eigenvalue weighted by molar-refractivity contribution is 5.83. The molecule has 10 nitrogen and oxygen atoms in total. The SMILES string of the molecule is OCCN1CCN(c2ncnc3c2ncn3[C@H]2CN(Cc3ccc(F)cc3)C[C@@H](CO)O2)CC1. The summed E-state index contributed by atoms with van der Waals surface area (Å²) in [5, 5.41) is 19.0. The van der Waals surface area contributed by atoms with Crippen LogP contribution in [0.3, 0.4) is 0 Å². The molecule has 2 saturated heterocycles. The first-order chi connectivity index (χ1) is 16.6. The molecule has 4 heterocycles. The fraction of sp³-hybridized carbons (Fsp3) is 0.522. The van der Waals surface area contributed by atoms with Gasteiger partial charge in [0.05, 0.1) is 25.6 Å². The van der Waals surface area contributed by atoms with Gasteiger partial charge in [-0.3, -0.25) is 14.4 Å². The molecule has 0 unspecified atom stereocenters. The van der Waals surface area contributed by atoms with Crippen LogP contribution in [0.25, 0.3) is 11.2 Å². The zero-order valence-electron chi connectivity index (χ0n) is 19.0. The maximum Gasteiger partial charge on any atom is 0.167 e. The number of anilines is 1. The number of aromatic nitrogens is 4. The number of fused-ring (bicyclic) bond motifs is 1. The fourth-order valence-corrected chi connectivity index (χ4v) is 4.73. The number of aliphatic hydroxyl groups is 2. The van der Waals surface area contributed by atoms with Crippen molar-refractivity contribution in [3.63, 3.8) is 0 Å². The van der Waals surface area contributed by atoms with Gasteiger partial charge in [0.15, 0.2) is 17.0 Å². The van der Waals surface area contributed by atoms with E-state index in [1.54, 1.807) is 24.8 Å². The van der Waals surface area contributed by atoms with Crippen molar-refractivity contribution >= 4 is 17.0 Å². The van der Waals surface area contributed by atoms with E-state index < -0.39 is 0 Å². The molecule has 2 aromatic heterocycles. The first-order valence-corrected chi connectivity index (χ1v) is 11.6. The van der Waals surface area contributed by atoms with E-state index in [1.807, 2.05) is 4.57 Å². The second-order valence-electron chi connectivity index (χ2n) is 8.79. The van der Waals surface area contributed by atoms with Crippen LogP contribution in [-0.2, 0) is 11.3 Å². The number of piperazine rings is 1. The van der Waals surface area contributed by atoms with Gasteiger partial charge in [0, 0.05) is 52.4 Å². The number of nitrogens with zero attached hydrogens (tertiary/aromatic N) is 7. The Labute approximate surface area is 197 Å². The van der Waals surface area contributed by atoms with Crippen LogP contribution in [0.15, 0.2) is 36.9 Å². The number of imidazole rings is 1. The molecule has 0 amide bonds. The van der Waals surface area contributed by atoms with Crippen LogP contribution in [-0.4, -0.2) is 105 Å². The van der Waals surface area contributed by atoms with Gasteiger partial charge in [0.1, 0.15) is 18.4 Å². The highest BCUT2D eigenvalue weighted by atomic mass is 19.1. The minimum absolute atomic E-state index is 0.0958. The zero-order chi connectivity index (χ0) is 23.5. The van der Waals surface area contributed by atoms with E-state index >= 15 is 0 Å². The lowest BCUT2D eigenvalue weighted by Crippen LogP contribution is -2.47. The molecular weight excluding hydrogens is 441 g/mol. The normalized spacial score (nSPS) is 22.5. The third-order valence-corrected chi connectivity index (χ3v) is 6.49. The third kappa shape index (κ3) is 4.89. The molecule has 2 aliphatic rings. The number of hydrogen-bond donors (Lipinski definition) is 2. The Morgan fingerprint density at radius 2 is 1.76 bits per heavy atom. The summed E-state index contributed by atoms with van der Waals surface area (Å²) in [7, 11) is 0. The number of ether oxygens (including phenoxy) is 1. The number of rotatable bonds is 7. The van der Waals surface area contributed by atoms with E-state index in [0.717, 1.165) is 43.1 Å². The molecule has 11 heteroatoms. The van der Waals surface area contributed by atoms with Gasteiger partial charge in [-0.2, -0.15) is 0 Å². The van der Waals surface area contributed by atoms with Gasteiger partial charge in [-0.25, -0.2) is 19.3 Å². The molecule has 0 bridgehead atoms. The summed E-state index contributed by atoms with van der Waals surface area (Å²) in [5.41, 5.74) is 2.41. The van der Waals surface area contributed by atoms with Crippen molar-refractivity contribution in [2.45, 2.75) is 18.9 Å². The maximum absolute atomic E-state index is 13.3. The van der Waals surface area contributed by atoms with Crippen molar-refractivity contribution in [1.82, 2.24) is 29.3 Å². The van der Waals surface area contributed by atoms with E-state index in [2.05, 4.69) is 29.7 Å². The Balaban J connectivity index is 1.35. The second kappa shape index (κ2) is 10.3. The second-order valence-corrected chi connectivity index (χ2v) is 8.79. The molecule has 2 N–H and O–H groups in total. The predicted octanol–water partition coefficient (Wildman–Crippen LogP) is 0.472. The molecule has 2 fully saturated rings. The summed E-state index contributed by atoms with van der Waals surface area (Å²) in [6, 6.07) is 6.48. The van der Waals surface area contributed by atoms with Crippen LogP contribution >= 0.6 is 0 Å². The topological polar surface area (TPSA) is 103 Å². The van der Waals surface area contributed by atoms with Crippen LogP contribution in [0.2, 0.25) is 0 Å². The summed E-state index contributed by atoms with van der Waals surface area (Å²) in [5.74, 6) is 0.539. The number of halogens is 1. The molecule has 3 aromatic rings. The fourth-order valence-electron chi connectivity index (χ4n) is 4.73. The number of benzene rings is 1. The number of morpholine rings is 1. The van der Waals surface area contributed by atoms with Gasteiger partial charge in [-0.05, 0) is 17.7 Å². The van der Waals surface area contributed by atoms with Crippen molar-refractivity contribution in [2.75, 3.05) is 63.9 Å². The average molecular weight is 472 g/mol. The summed E-state index contributed by atoms with van der Waals surface area (Å²) in [6.07, 6.45) is 2.56. The highest BCUT2D eigenvalue weighted by Crippen LogP contribution is 2.28. The van der Waals surface area contributed by atoms with Crippen LogP contribution < -0.4 is 4.90 Å². The zero-order valence-corrected chi connectivity index (χ0v) is 19.0. The molecule has 1 aromatic carbocycles. The van der Waals surface area contributed by atoms with Gasteiger partial charge in [0.2, 0.25) is 0 Å². The van der Waals surface area contributed by atoms with E-state index in [1.165, 1.54) is 12.1 Å². The minimum Gasteiger partial charge on any atom is -0.395 e. The first kappa shape index (κ1) is 23.1. The minimum atomic E-state index is -0.375. The number of hydrogen-bond acceptors (Lipinski definition) is 9. The van der Waals surface area contributed by atoms with Gasteiger partial charge in [-0.1, -0.05) is 12.1 Å². The lowest BCUT2D eigenvalue weighted by molar-refractivity contribution is -0.135. The largest absolute Gasteiger partial charge is 0.395 e. The standard InChI is InChI=1S/C23H30FN7O3/c24-18-3-1-17(2-4-18)11-29-12-19(14-33)34-20(13-29)31-16-27-21-22(25-15-26-23(21)31)30-7-5-28(6-8-30)9-10-32/h1-4,15-16,19-20,32-33H,5-14H2/t19-,20+/m0/s1. The Hall–Kier alpha value is -2.70. The van der Waals surface area contributed by atoms with E-state index in [4.69, 9.17) is 4.74 Å². The quantitative estimate of drug-likeness (QED) is 0.509. The lowest BCUT2D eigenvalue weighted by Gasteiger charge is -2.38. The molecule has 34 heavy (non-hydrogen) atoms. The van der Waals surface area contributed by atoms with Gasteiger partial charge in [0.25, 0.3) is 0 Å². The summed E-state index contributed by atoms with van der Waals surface area (Å²) >= 11 is 0. The predicted molar refractivity (Wildman–Crippen MR) is 124 cm³/mol. The van der Waals surface area contributed by atoms with E-state index in [0.29, 0.717) is 31.8 Å². The van der Waals surface area contributed by atoms with Crippen molar-refractivity contribution in [3.05, 3.63) is 48.3 Å². The van der Waals surface area contributed by atoms with Crippen molar-refractivity contribution in [2.24, 2.45) is 0 Å². The Kier molecular flexibility index (Phi) is 6.97. The number of β-amino-alcohol motifs (C(OH)–C–C–N with tert-alkyl or cyclic N) is 1. The smallest absolute Gasteiger partial charge is 0.167 e. The van der Waals surface area contributed by atoms with Crippen LogP contribution in [0, 0.1) is 5.82 Å². The molecule has 2 aliphatic heterocycles. The monoisotopic (exact) mass is 471 g/mol. The third-order valence-electron chi connectivity index (χ3n) is 6.49. The lowest BCUT2D eigenvalue weighted by atomic mass is 10.1. The van der Waals surface area contributed by atoms with Crippen LogP contribution in [0.5, 0.6) is 0 Å². The number of aliphatic hydroxyl groups excluding tert-OH is 2. The molecule has 182 valence electrons. The van der Waals surface area contributed by atoms with Crippen LogP contribution in [0.4, 0.5) is 10.2 Å². The summed E-state index contributed by atoms with van der Waals surface area (Å²) < 4.78 is 21.4. The summed E-state index contributed by atoms with van der Waals surface area (Å²) in [6.45, 7) is 5.85. The maximum atomic E-state index is 13.3. The van der Waals surface area contributed by atoms with Crippen molar-refractivity contribution in [1.29, 1.82) is 0 Å². The molecule has 2 atom stereocenters. The molecular formula is C23H30FN7O3. The van der Waals surface area contributed by atoms with Crippen molar-refractivity contribution < 1.29 is 19.3 Å². The molecule has 0 saturated carbocycles. The Morgan fingerprint density at radius 1 is 0.971 bits per heavy atom. The van der Waals surface area contributed by atoms with E-state index in [9.17, 15) is 14.6 Å². The average Bonchev–Trinajstić information content (AvgIpc) is 3.30. The first-order valence-electron chi connectivity index (χ1n) is 11.6. The Morgan fingerprint density at radius 3 is 2.50 bits per heavy atom. The van der Waals surface area contributed by atoms with Gasteiger partial charge in [-0.15, -0.1) is 0 Å². The van der Waals surface area contributed by atoms with E-state index in [-0.39, 0.29) is 31.4 Å². The van der Waals surface area contributed by atoms with Gasteiger partial charge >= 0.3 is 0 Å². The van der Waals surface area contributed by atoms with Crippen LogP contribution in [0.1, 0.15) is 11.8 Å². The van der Waals surface area contributed by atoms with Gasteiger partial charge < -0.3 is 19.8 Å². The van der Waals surface area contributed by atoms with Crippen molar-refractivity contribution in [3.8, 4) is 0 Å². The highest BCUT2D eigenvalue weighted by Gasteiger charge is 2.31. The molecule has 0 spiro atoms. The molecule has 5 rings (SSSR count). The Bertz CT molecular complexity index is 1090. The summed E-state index contributed by atoms with van der Waals surface area (Å²) in [4.78, 5) is 20.3.